The van der Waals surface area contributed by atoms with Gasteiger partial charge in [-0.15, -0.1) is 0 Å². The molecule has 4 nitrogen and oxygen atoms in total. The van der Waals surface area contributed by atoms with Crippen molar-refractivity contribution in [1.82, 2.24) is 5.32 Å². The number of hydrogen-bond donors (Lipinski definition) is 3. The highest BCUT2D eigenvalue weighted by Crippen LogP contribution is 2.18. The van der Waals surface area contributed by atoms with Crippen molar-refractivity contribution < 1.29 is 15.0 Å². The van der Waals surface area contributed by atoms with Crippen LogP contribution < -0.4 is 5.32 Å². The molecule has 0 aliphatic carbocycles. The van der Waals surface area contributed by atoms with Gasteiger partial charge < -0.3 is 15.5 Å². The fourth-order valence-corrected chi connectivity index (χ4v) is 9.39. The molecule has 4 heteroatoms. The molecule has 430 valence electrons. The van der Waals surface area contributed by atoms with Gasteiger partial charge in [-0.25, -0.2) is 0 Å². The van der Waals surface area contributed by atoms with Gasteiger partial charge in [0.15, 0.2) is 0 Å². The summed E-state index contributed by atoms with van der Waals surface area (Å²) in [6.07, 6.45) is 99.3. The summed E-state index contributed by atoms with van der Waals surface area (Å²) in [5, 5.41) is 23.4. The maximum absolute atomic E-state index is 12.5. The van der Waals surface area contributed by atoms with E-state index < -0.39 is 12.1 Å². The van der Waals surface area contributed by atoms with Gasteiger partial charge in [-0.1, -0.05) is 328 Å². The van der Waals surface area contributed by atoms with Crippen molar-refractivity contribution in [3.63, 3.8) is 0 Å². The van der Waals surface area contributed by atoms with Crippen LogP contribution in [0, 0.1) is 0 Å². The molecular formula is C71H123NO3. The lowest BCUT2D eigenvalue weighted by Crippen LogP contribution is -2.45. The van der Waals surface area contributed by atoms with Crippen molar-refractivity contribution in [3.8, 4) is 0 Å². The average Bonchev–Trinajstić information content (AvgIpc) is 3.41. The van der Waals surface area contributed by atoms with Gasteiger partial charge >= 0.3 is 0 Å². The Balaban J connectivity index is 3.59. The monoisotopic (exact) mass is 1040 g/mol. The lowest BCUT2D eigenvalue weighted by Gasteiger charge is -2.22. The van der Waals surface area contributed by atoms with Crippen LogP contribution in [-0.2, 0) is 4.79 Å². The number of rotatable bonds is 58. The van der Waals surface area contributed by atoms with Crippen molar-refractivity contribution in [3.05, 3.63) is 122 Å². The molecule has 75 heavy (non-hydrogen) atoms. The molecule has 0 aromatic rings. The van der Waals surface area contributed by atoms with Crippen molar-refractivity contribution in [2.24, 2.45) is 0 Å². The minimum atomic E-state index is -0.689. The van der Waals surface area contributed by atoms with Crippen LogP contribution in [-0.4, -0.2) is 34.9 Å². The summed E-state index contributed by atoms with van der Waals surface area (Å²) in [6, 6.07) is -0.571. The first-order valence-electron chi connectivity index (χ1n) is 32.2. The van der Waals surface area contributed by atoms with Gasteiger partial charge in [0, 0.05) is 6.42 Å². The zero-order valence-electron chi connectivity index (χ0n) is 49.5. The molecule has 0 heterocycles. The number of carbonyl (C=O) groups is 1. The molecule has 0 saturated heterocycles. The van der Waals surface area contributed by atoms with E-state index in [1.54, 1.807) is 0 Å². The maximum Gasteiger partial charge on any atom is 0.220 e. The summed E-state index contributed by atoms with van der Waals surface area (Å²) in [7, 11) is 0. The minimum Gasteiger partial charge on any atom is -0.394 e. The van der Waals surface area contributed by atoms with Gasteiger partial charge in [0.1, 0.15) is 0 Å². The Bertz CT molecular complexity index is 1460. The molecule has 0 aliphatic heterocycles. The lowest BCUT2D eigenvalue weighted by molar-refractivity contribution is -0.123. The Morgan fingerprint density at radius 2 is 0.587 bits per heavy atom. The van der Waals surface area contributed by atoms with Crippen LogP contribution in [0.15, 0.2) is 122 Å². The highest BCUT2D eigenvalue weighted by Gasteiger charge is 2.20. The van der Waals surface area contributed by atoms with E-state index in [0.29, 0.717) is 12.8 Å². The topological polar surface area (TPSA) is 69.6 Å². The first-order chi connectivity index (χ1) is 37.2. The zero-order chi connectivity index (χ0) is 54.1. The van der Waals surface area contributed by atoms with Crippen LogP contribution in [0.4, 0.5) is 0 Å². The summed E-state index contributed by atoms with van der Waals surface area (Å²) in [4.78, 5) is 12.5. The standard InChI is InChI=1S/C71H123NO3/c1-3-5-7-9-11-13-15-17-19-21-23-25-27-29-31-33-35-36-37-39-41-43-45-47-49-51-53-55-57-59-61-63-65-67-71(75)72-69(68-73)70(74)66-64-62-60-58-56-54-52-50-48-46-44-42-40-38-34-32-30-28-26-24-22-20-18-16-14-12-10-8-6-4-2/h5,7,11,13,17,19,23,25,29,31,35-36,39,41,45,47,51,53,57,59,69-70,73-74H,3-4,6,8-10,12,14-16,18,20-22,24,26-28,30,32-34,37-38,40,42-44,46,48-50,52,54-56,58,60-68H2,1-2H3,(H,72,75)/b7-5-,13-11-,19-17-,25-23-,31-29-,36-35-,41-39-,47-45-,53-51-,59-57-. The van der Waals surface area contributed by atoms with E-state index in [9.17, 15) is 15.0 Å². The van der Waals surface area contributed by atoms with E-state index >= 15 is 0 Å². The number of hydrogen-bond acceptors (Lipinski definition) is 3. The van der Waals surface area contributed by atoms with Crippen LogP contribution in [0.1, 0.15) is 303 Å². The van der Waals surface area contributed by atoms with E-state index in [1.807, 2.05) is 0 Å². The third kappa shape index (κ3) is 61.5. The molecule has 0 saturated carbocycles. The Hall–Kier alpha value is -3.21. The second kappa shape index (κ2) is 65.1. The van der Waals surface area contributed by atoms with Gasteiger partial charge in [0.05, 0.1) is 18.8 Å². The van der Waals surface area contributed by atoms with E-state index in [2.05, 4.69) is 141 Å². The Kier molecular flexibility index (Phi) is 62.3. The summed E-state index contributed by atoms with van der Waals surface area (Å²) >= 11 is 0. The Morgan fingerprint density at radius 1 is 0.333 bits per heavy atom. The molecular weight excluding hydrogens is 915 g/mol. The van der Waals surface area contributed by atoms with Crippen LogP contribution >= 0.6 is 0 Å². The summed E-state index contributed by atoms with van der Waals surface area (Å²) in [5.74, 6) is -0.0748. The molecule has 1 amide bonds. The largest absolute Gasteiger partial charge is 0.394 e. The van der Waals surface area contributed by atoms with Crippen LogP contribution in [0.2, 0.25) is 0 Å². The summed E-state index contributed by atoms with van der Waals surface area (Å²) < 4.78 is 0. The molecule has 0 spiro atoms. The SMILES string of the molecule is CC/C=C\C/C=C\C/C=C\C/C=C\C/C=C\C/C=C\C/C=C\C/C=C\C/C=C\C/C=C\CCCCC(=O)NC(CO)C(O)CCCCCCCCCCCCCCCCCCCCCCCCCCCCCCCC. The molecule has 2 unspecified atom stereocenters. The number of carbonyl (C=O) groups excluding carboxylic acids is 1. The number of unbranched alkanes of at least 4 members (excludes halogenated alkanes) is 31. The quantitative estimate of drug-likeness (QED) is 0.0420. The Labute approximate surface area is 467 Å². The lowest BCUT2D eigenvalue weighted by atomic mass is 10.0. The molecule has 0 aromatic carbocycles. The van der Waals surface area contributed by atoms with E-state index in [4.69, 9.17) is 0 Å². The van der Waals surface area contributed by atoms with Crippen LogP contribution in [0.25, 0.3) is 0 Å². The van der Waals surface area contributed by atoms with Gasteiger partial charge in [0.25, 0.3) is 0 Å². The predicted octanol–water partition coefficient (Wildman–Crippen LogP) is 22.0. The van der Waals surface area contributed by atoms with Crippen molar-refractivity contribution in [1.29, 1.82) is 0 Å². The number of aliphatic hydroxyl groups is 2. The molecule has 2 atom stereocenters. The average molecular weight is 1040 g/mol. The van der Waals surface area contributed by atoms with Gasteiger partial charge in [-0.05, 0) is 89.9 Å². The third-order valence-corrected chi connectivity index (χ3v) is 14.2. The number of nitrogens with one attached hydrogen (secondary N) is 1. The zero-order valence-corrected chi connectivity index (χ0v) is 49.5. The van der Waals surface area contributed by atoms with Crippen LogP contribution in [0.3, 0.4) is 0 Å². The van der Waals surface area contributed by atoms with Gasteiger partial charge in [-0.2, -0.15) is 0 Å². The van der Waals surface area contributed by atoms with Gasteiger partial charge in [0.2, 0.25) is 5.91 Å². The number of aliphatic hydroxyl groups excluding tert-OH is 2. The van der Waals surface area contributed by atoms with Crippen LogP contribution in [0.5, 0.6) is 0 Å². The first-order valence-corrected chi connectivity index (χ1v) is 32.2. The summed E-state index contributed by atoms with van der Waals surface area (Å²) in [6.45, 7) is 4.25. The van der Waals surface area contributed by atoms with E-state index in [0.717, 1.165) is 96.3 Å². The first kappa shape index (κ1) is 71.8. The van der Waals surface area contributed by atoms with Crippen molar-refractivity contribution in [2.45, 2.75) is 315 Å². The minimum absolute atomic E-state index is 0.0748. The number of allylic oxidation sites excluding steroid dienone is 20. The molecule has 0 aromatic heterocycles. The second-order valence-corrected chi connectivity index (χ2v) is 21.5. The summed E-state index contributed by atoms with van der Waals surface area (Å²) in [5.41, 5.74) is 0. The highest BCUT2D eigenvalue weighted by molar-refractivity contribution is 5.76. The van der Waals surface area contributed by atoms with Crippen molar-refractivity contribution in [2.75, 3.05) is 6.61 Å². The molecule has 0 bridgehead atoms. The molecule has 3 N–H and O–H groups in total. The fourth-order valence-electron chi connectivity index (χ4n) is 9.39. The molecule has 0 rings (SSSR count). The molecule has 0 radical (unpaired) electrons. The van der Waals surface area contributed by atoms with Crippen molar-refractivity contribution >= 4 is 5.91 Å². The van der Waals surface area contributed by atoms with Gasteiger partial charge in [-0.3, -0.25) is 4.79 Å². The Morgan fingerprint density at radius 3 is 0.853 bits per heavy atom. The molecule has 0 fully saturated rings. The second-order valence-electron chi connectivity index (χ2n) is 21.5. The normalized spacial score (nSPS) is 13.6. The van der Waals surface area contributed by atoms with E-state index in [-0.39, 0.29) is 12.5 Å². The highest BCUT2D eigenvalue weighted by atomic mass is 16.3. The molecule has 0 aliphatic rings. The maximum atomic E-state index is 12.5. The van der Waals surface area contributed by atoms with E-state index in [1.165, 1.54) is 180 Å². The number of amides is 1. The fraction of sp³-hybridized carbons (Fsp3) is 0.704. The smallest absolute Gasteiger partial charge is 0.220 e. The third-order valence-electron chi connectivity index (χ3n) is 14.2. The predicted molar refractivity (Wildman–Crippen MR) is 336 cm³/mol.